The van der Waals surface area contributed by atoms with Gasteiger partial charge in [0.25, 0.3) is 0 Å². The fourth-order valence-electron chi connectivity index (χ4n) is 0.972. The van der Waals surface area contributed by atoms with Gasteiger partial charge in [-0.2, -0.15) is 0 Å². The first-order valence-electron chi connectivity index (χ1n) is 4.51. The molecule has 0 N–H and O–H groups in total. The van der Waals surface area contributed by atoms with Gasteiger partial charge in [-0.3, -0.25) is 0 Å². The molecule has 0 amide bonds. The first kappa shape index (κ1) is 11.0. The van der Waals surface area contributed by atoms with E-state index >= 15 is 0 Å². The van der Waals surface area contributed by atoms with Gasteiger partial charge in [-0.15, -0.1) is 0 Å². The molecule has 0 saturated heterocycles. The molecule has 3 heteroatoms. The molecule has 2 aromatic rings. The second-order valence-electron chi connectivity index (χ2n) is 2.37. The Balaban J connectivity index is 0.000000461. The molecule has 0 atom stereocenters. The average molecular weight is 254 g/mol. The zero-order valence-corrected chi connectivity index (χ0v) is 9.78. The highest BCUT2D eigenvalue weighted by Crippen LogP contribution is 2.20. The van der Waals surface area contributed by atoms with Crippen molar-refractivity contribution < 1.29 is 4.42 Å². The Hall–Kier alpha value is -1.09. The van der Waals surface area contributed by atoms with Crippen LogP contribution in [-0.4, -0.2) is 4.98 Å². The van der Waals surface area contributed by atoms with Crippen molar-refractivity contribution in [1.29, 1.82) is 0 Å². The first-order chi connectivity index (χ1) is 6.86. The van der Waals surface area contributed by atoms with Gasteiger partial charge in [-0.25, -0.2) is 4.98 Å². The molecule has 0 fully saturated rings. The third-order valence-electron chi connectivity index (χ3n) is 1.56. The molecule has 2 rings (SSSR count). The van der Waals surface area contributed by atoms with Crippen molar-refractivity contribution in [3.63, 3.8) is 0 Å². The van der Waals surface area contributed by atoms with E-state index in [2.05, 4.69) is 20.9 Å². The van der Waals surface area contributed by atoms with Crippen LogP contribution < -0.4 is 0 Å². The van der Waals surface area contributed by atoms with E-state index in [9.17, 15) is 0 Å². The van der Waals surface area contributed by atoms with Crippen LogP contribution in [-0.2, 0) is 0 Å². The third kappa shape index (κ3) is 2.70. The fourth-order valence-corrected chi connectivity index (χ4v) is 1.24. The first-order valence-corrected chi connectivity index (χ1v) is 5.30. The number of oxazole rings is 1. The van der Waals surface area contributed by atoms with Crippen molar-refractivity contribution in [3.05, 3.63) is 41.3 Å². The number of hydrogen-bond acceptors (Lipinski definition) is 2. The highest BCUT2D eigenvalue weighted by Gasteiger charge is 1.98. The van der Waals surface area contributed by atoms with Crippen molar-refractivity contribution in [3.8, 4) is 11.3 Å². The molecular formula is C11H12BrNO. The van der Waals surface area contributed by atoms with E-state index in [4.69, 9.17) is 4.42 Å². The summed E-state index contributed by atoms with van der Waals surface area (Å²) in [6.07, 6.45) is 3.13. The lowest BCUT2D eigenvalue weighted by Gasteiger charge is -1.94. The van der Waals surface area contributed by atoms with E-state index in [0.29, 0.717) is 0 Å². The zero-order chi connectivity index (χ0) is 10.4. The number of benzene rings is 1. The van der Waals surface area contributed by atoms with E-state index in [0.717, 1.165) is 15.8 Å². The summed E-state index contributed by atoms with van der Waals surface area (Å²) in [7, 11) is 0. The number of nitrogens with zero attached hydrogens (tertiary/aromatic N) is 1. The van der Waals surface area contributed by atoms with Gasteiger partial charge in [0, 0.05) is 10.0 Å². The van der Waals surface area contributed by atoms with Crippen LogP contribution in [0.15, 0.2) is 45.7 Å². The predicted octanol–water partition coefficient (Wildman–Crippen LogP) is 4.13. The normalized spacial score (nSPS) is 9.07. The lowest BCUT2D eigenvalue weighted by atomic mass is 10.2. The van der Waals surface area contributed by atoms with Gasteiger partial charge < -0.3 is 4.42 Å². The Kier molecular flexibility index (Phi) is 4.40. The number of aromatic nitrogens is 1. The van der Waals surface area contributed by atoms with Crippen LogP contribution in [0, 0.1) is 0 Å². The van der Waals surface area contributed by atoms with Gasteiger partial charge in [0.1, 0.15) is 0 Å². The molecule has 1 aromatic heterocycles. The van der Waals surface area contributed by atoms with Gasteiger partial charge in [-0.05, 0) is 12.1 Å². The molecule has 14 heavy (non-hydrogen) atoms. The van der Waals surface area contributed by atoms with Crippen molar-refractivity contribution in [2.24, 2.45) is 0 Å². The summed E-state index contributed by atoms with van der Waals surface area (Å²) in [5.41, 5.74) is 1.04. The predicted molar refractivity (Wildman–Crippen MR) is 61.0 cm³/mol. The third-order valence-corrected chi connectivity index (χ3v) is 2.09. The van der Waals surface area contributed by atoms with Gasteiger partial charge in [-0.1, -0.05) is 41.9 Å². The maximum absolute atomic E-state index is 5.13. The molecule has 0 aliphatic rings. The monoisotopic (exact) mass is 253 g/mol. The molecule has 74 valence electrons. The maximum atomic E-state index is 5.13. The van der Waals surface area contributed by atoms with Crippen LogP contribution in [0.1, 0.15) is 13.8 Å². The molecule has 2 nitrogen and oxygen atoms in total. The second kappa shape index (κ2) is 5.60. The Morgan fingerprint density at radius 3 is 2.29 bits per heavy atom. The molecule has 0 bridgehead atoms. The van der Waals surface area contributed by atoms with Crippen LogP contribution in [0.3, 0.4) is 0 Å². The van der Waals surface area contributed by atoms with Crippen LogP contribution in [0.2, 0.25) is 0 Å². The number of halogens is 1. The summed E-state index contributed by atoms with van der Waals surface area (Å²) in [6, 6.07) is 7.89. The molecule has 1 aromatic carbocycles. The van der Waals surface area contributed by atoms with E-state index in [-0.39, 0.29) is 0 Å². The molecule has 0 saturated carbocycles. The minimum Gasteiger partial charge on any atom is -0.444 e. The molecule has 0 radical (unpaired) electrons. The molecule has 0 aliphatic carbocycles. The Bertz CT molecular complexity index is 353. The van der Waals surface area contributed by atoms with Gasteiger partial charge >= 0.3 is 0 Å². The highest BCUT2D eigenvalue weighted by molar-refractivity contribution is 9.10. The Labute approximate surface area is 92.1 Å². The van der Waals surface area contributed by atoms with Gasteiger partial charge in [0.2, 0.25) is 0 Å². The minimum atomic E-state index is 0.794. The summed E-state index contributed by atoms with van der Waals surface area (Å²) in [5.74, 6) is 0.794. The van der Waals surface area contributed by atoms with E-state index in [1.54, 1.807) is 6.20 Å². The zero-order valence-electron chi connectivity index (χ0n) is 8.20. The lowest BCUT2D eigenvalue weighted by Crippen LogP contribution is -1.71. The molecule has 0 unspecified atom stereocenters. The molecule has 0 aliphatic heterocycles. The quantitative estimate of drug-likeness (QED) is 0.764. The summed E-state index contributed by atoms with van der Waals surface area (Å²) in [6.45, 7) is 4.00. The number of rotatable bonds is 1. The lowest BCUT2D eigenvalue weighted by molar-refractivity contribution is 0.572. The Morgan fingerprint density at radius 1 is 1.14 bits per heavy atom. The van der Waals surface area contributed by atoms with Crippen molar-refractivity contribution in [1.82, 2.24) is 4.98 Å². The van der Waals surface area contributed by atoms with Crippen LogP contribution >= 0.6 is 15.9 Å². The van der Waals surface area contributed by atoms with Crippen LogP contribution in [0.5, 0.6) is 0 Å². The van der Waals surface area contributed by atoms with E-state index in [1.807, 2.05) is 38.1 Å². The largest absolute Gasteiger partial charge is 0.444 e. The Morgan fingerprint density at radius 2 is 1.79 bits per heavy atom. The molecular weight excluding hydrogens is 242 g/mol. The van der Waals surface area contributed by atoms with E-state index < -0.39 is 0 Å². The summed E-state index contributed by atoms with van der Waals surface area (Å²) >= 11 is 3.36. The van der Waals surface area contributed by atoms with Gasteiger partial charge in [0.05, 0.1) is 6.20 Å². The summed E-state index contributed by atoms with van der Waals surface area (Å²) in [4.78, 5) is 3.84. The second-order valence-corrected chi connectivity index (χ2v) is 3.29. The highest BCUT2D eigenvalue weighted by atomic mass is 79.9. The smallest absolute Gasteiger partial charge is 0.181 e. The number of hydrogen-bond donors (Lipinski definition) is 0. The molecule has 1 heterocycles. The van der Waals surface area contributed by atoms with Crippen LogP contribution in [0.25, 0.3) is 11.3 Å². The van der Waals surface area contributed by atoms with Crippen molar-refractivity contribution >= 4 is 15.9 Å². The summed E-state index contributed by atoms with van der Waals surface area (Å²) < 4.78 is 6.19. The average Bonchev–Trinajstić information content (AvgIpc) is 2.75. The SMILES string of the molecule is Brc1ccc(-c2cnco2)cc1.CC. The topological polar surface area (TPSA) is 26.0 Å². The molecule has 0 spiro atoms. The van der Waals surface area contributed by atoms with Crippen molar-refractivity contribution in [2.75, 3.05) is 0 Å². The standard InChI is InChI=1S/C9H6BrNO.C2H6/c10-8-3-1-7(2-4-8)9-5-11-6-12-9;1-2/h1-6H;1-2H3. The summed E-state index contributed by atoms with van der Waals surface area (Å²) in [5, 5.41) is 0. The van der Waals surface area contributed by atoms with E-state index in [1.165, 1.54) is 6.39 Å². The van der Waals surface area contributed by atoms with Crippen molar-refractivity contribution in [2.45, 2.75) is 13.8 Å². The minimum absolute atomic E-state index is 0.794. The maximum Gasteiger partial charge on any atom is 0.181 e. The fraction of sp³-hybridized carbons (Fsp3) is 0.182. The van der Waals surface area contributed by atoms with Gasteiger partial charge in [0.15, 0.2) is 12.2 Å². The van der Waals surface area contributed by atoms with Crippen LogP contribution in [0.4, 0.5) is 0 Å².